The van der Waals surface area contributed by atoms with E-state index in [2.05, 4.69) is 104 Å². The van der Waals surface area contributed by atoms with Crippen molar-refractivity contribution in [1.29, 1.82) is 0 Å². The molecule has 2 saturated heterocycles. The number of nitrogens with zero attached hydrogens (tertiary/aromatic N) is 4. The van der Waals surface area contributed by atoms with Gasteiger partial charge in [0.2, 0.25) is 11.5 Å². The van der Waals surface area contributed by atoms with Gasteiger partial charge in [-0.05, 0) is 89.8 Å². The van der Waals surface area contributed by atoms with E-state index in [0.29, 0.717) is 50.7 Å². The highest BCUT2D eigenvalue weighted by Crippen LogP contribution is 2.41. The van der Waals surface area contributed by atoms with Crippen molar-refractivity contribution in [2.24, 2.45) is 0 Å². The highest BCUT2D eigenvalue weighted by molar-refractivity contribution is 6.74. The fourth-order valence-corrected chi connectivity index (χ4v) is 9.38. The minimum Gasteiger partial charge on any atom is -0.506 e. The van der Waals surface area contributed by atoms with Crippen LogP contribution in [0.25, 0.3) is 10.9 Å². The number of phenols is 1. The molecule has 0 aliphatic carbocycles. The van der Waals surface area contributed by atoms with Crippen molar-refractivity contribution in [1.82, 2.24) is 25.1 Å². The lowest BCUT2D eigenvalue weighted by Gasteiger charge is -2.47. The molecule has 4 heterocycles. The van der Waals surface area contributed by atoms with E-state index in [4.69, 9.17) is 18.9 Å². The normalized spacial score (nSPS) is 16.7. The van der Waals surface area contributed by atoms with Crippen LogP contribution in [0.2, 0.25) is 18.1 Å². The Morgan fingerprint density at radius 2 is 1.82 bits per heavy atom. The molecule has 3 N–H and O–H groups in total. The summed E-state index contributed by atoms with van der Waals surface area (Å²) < 4.78 is 19.3. The summed E-state index contributed by atoms with van der Waals surface area (Å²) in [5.74, 6) is 1.61. The van der Waals surface area contributed by atoms with Crippen LogP contribution in [-0.4, -0.2) is 117 Å². The Labute approximate surface area is 364 Å². The van der Waals surface area contributed by atoms with Crippen molar-refractivity contribution in [2.75, 3.05) is 77.6 Å². The highest BCUT2D eigenvalue weighted by atomic mass is 28.4. The standard InChI is InChI=1S/C48H70N6O6Si/c1-35(2)38-16-21-50-43(31-38)54-26-29-59-48(34-54)19-23-53(24-20-48)33-37-11-9-10-36(30-37)17-27-58-28-18-45(57)52(6)25-22-49-32-42(60-61(7,8)47(3,4)5)39-12-14-41(55)46-40(39)13-15-44(56)51-46/h9-16,21,30-31,35,42,49,55H,17-20,22-29,32-34H2,1-8H3,(H,51,56)/t42-/m0/s1. The van der Waals surface area contributed by atoms with Crippen molar-refractivity contribution in [3.05, 3.63) is 99.5 Å². The van der Waals surface area contributed by atoms with Crippen molar-refractivity contribution in [3.8, 4) is 5.75 Å². The molecule has 0 bridgehead atoms. The first-order valence-corrected chi connectivity index (χ1v) is 25.1. The van der Waals surface area contributed by atoms with Gasteiger partial charge in [0.25, 0.3) is 0 Å². The molecule has 1 spiro atoms. The maximum absolute atomic E-state index is 13.0. The molecule has 12 nitrogen and oxygen atoms in total. The number of carbonyl (C=O) groups excluding carboxylic acids is 1. The van der Waals surface area contributed by atoms with Crippen LogP contribution in [0.15, 0.2) is 71.7 Å². The van der Waals surface area contributed by atoms with Crippen molar-refractivity contribution >= 4 is 30.9 Å². The van der Waals surface area contributed by atoms with Gasteiger partial charge >= 0.3 is 0 Å². The smallest absolute Gasteiger partial charge is 0.248 e. The Bertz CT molecular complexity index is 2130. The number of H-pyrrole nitrogens is 1. The number of hydrogen-bond donors (Lipinski definition) is 3. The topological polar surface area (TPSA) is 132 Å². The van der Waals surface area contributed by atoms with Gasteiger partial charge in [-0.25, -0.2) is 4.98 Å². The summed E-state index contributed by atoms with van der Waals surface area (Å²) in [5, 5.41) is 14.7. The molecule has 2 aliphatic rings. The number of rotatable bonds is 18. The minimum atomic E-state index is -2.20. The van der Waals surface area contributed by atoms with Crippen LogP contribution in [0, 0.1) is 0 Å². The Kier molecular flexibility index (Phi) is 15.5. The number of anilines is 1. The number of benzene rings is 2. The van der Waals surface area contributed by atoms with Gasteiger partial charge in [-0.1, -0.05) is 65.0 Å². The summed E-state index contributed by atoms with van der Waals surface area (Å²) in [5.41, 5.74) is 4.79. The van der Waals surface area contributed by atoms with Crippen LogP contribution >= 0.6 is 0 Å². The van der Waals surface area contributed by atoms with E-state index < -0.39 is 8.32 Å². The van der Waals surface area contributed by atoms with Crippen LogP contribution in [-0.2, 0) is 31.7 Å². The summed E-state index contributed by atoms with van der Waals surface area (Å²) >= 11 is 0. The molecule has 0 unspecified atom stereocenters. The maximum Gasteiger partial charge on any atom is 0.248 e. The number of aromatic hydroxyl groups is 1. The number of carbonyl (C=O) groups is 1. The molecule has 0 saturated carbocycles. The van der Waals surface area contributed by atoms with E-state index in [1.165, 1.54) is 22.8 Å². The zero-order valence-electron chi connectivity index (χ0n) is 37.9. The first-order valence-electron chi connectivity index (χ1n) is 22.2. The molecule has 0 radical (unpaired) electrons. The Morgan fingerprint density at radius 1 is 1.05 bits per heavy atom. The van der Waals surface area contributed by atoms with Crippen molar-refractivity contribution in [3.63, 3.8) is 0 Å². The third-order valence-electron chi connectivity index (χ3n) is 13.0. The highest BCUT2D eigenvalue weighted by Gasteiger charge is 2.41. The number of ether oxygens (including phenoxy) is 2. The fraction of sp³-hybridized carbons (Fsp3) is 0.562. The number of pyridine rings is 2. The van der Waals surface area contributed by atoms with Crippen LogP contribution in [0.4, 0.5) is 5.82 Å². The molecule has 2 aliphatic heterocycles. The van der Waals surface area contributed by atoms with Gasteiger partial charge in [-0.3, -0.25) is 14.5 Å². The molecule has 61 heavy (non-hydrogen) atoms. The van der Waals surface area contributed by atoms with Crippen molar-refractivity contribution < 1.29 is 23.8 Å². The summed E-state index contributed by atoms with van der Waals surface area (Å²) in [6.45, 7) is 23.5. The monoisotopic (exact) mass is 855 g/mol. The van der Waals surface area contributed by atoms with E-state index in [1.54, 1.807) is 17.0 Å². The number of hydrogen-bond acceptors (Lipinski definition) is 10. The number of amides is 1. The molecular weight excluding hydrogens is 785 g/mol. The lowest BCUT2D eigenvalue weighted by molar-refractivity contribution is -0.131. The van der Waals surface area contributed by atoms with E-state index in [0.717, 1.165) is 75.4 Å². The summed E-state index contributed by atoms with van der Waals surface area (Å²) in [7, 11) is -0.375. The average molecular weight is 855 g/mol. The van der Waals surface area contributed by atoms with E-state index in [1.807, 2.05) is 19.3 Å². The first-order chi connectivity index (χ1) is 29.0. The van der Waals surface area contributed by atoms with Gasteiger partial charge in [0.05, 0.1) is 43.5 Å². The summed E-state index contributed by atoms with van der Waals surface area (Å²) in [6, 6.07) is 19.9. The minimum absolute atomic E-state index is 0.0161. The molecule has 2 fully saturated rings. The number of nitrogens with one attached hydrogen (secondary N) is 2. The quantitative estimate of drug-likeness (QED) is 0.0688. The third-order valence-corrected chi connectivity index (χ3v) is 17.5. The number of fused-ring (bicyclic) bond motifs is 1. The molecule has 13 heteroatoms. The molecule has 2 aromatic carbocycles. The van der Waals surface area contributed by atoms with E-state index in [9.17, 15) is 14.7 Å². The summed E-state index contributed by atoms with van der Waals surface area (Å²) in [6.07, 6.45) is 4.78. The van der Waals surface area contributed by atoms with Gasteiger partial charge in [-0.15, -0.1) is 0 Å². The molecule has 332 valence electrons. The second-order valence-electron chi connectivity index (χ2n) is 18.9. The zero-order valence-corrected chi connectivity index (χ0v) is 38.9. The second kappa shape index (κ2) is 20.4. The lowest BCUT2D eigenvalue weighted by Crippen LogP contribution is -2.57. The fourth-order valence-electron chi connectivity index (χ4n) is 8.10. The molecule has 4 aromatic rings. The van der Waals surface area contributed by atoms with Crippen molar-refractivity contribution in [2.45, 2.75) is 103 Å². The second-order valence-corrected chi connectivity index (χ2v) is 23.7. The number of morpholine rings is 1. The average Bonchev–Trinajstić information content (AvgIpc) is 3.23. The number of aromatic nitrogens is 2. The number of likely N-dealkylation sites (tertiary alicyclic amines) is 1. The van der Waals surface area contributed by atoms with E-state index >= 15 is 0 Å². The third kappa shape index (κ3) is 12.3. The van der Waals surface area contributed by atoms with Gasteiger partial charge < -0.3 is 39.1 Å². The predicted octanol–water partition coefficient (Wildman–Crippen LogP) is 7.38. The van der Waals surface area contributed by atoms with Crippen LogP contribution in [0.1, 0.15) is 88.2 Å². The van der Waals surface area contributed by atoms with Gasteiger partial charge in [0.1, 0.15) is 11.6 Å². The SMILES string of the molecule is CC(C)c1ccnc(N2CCOC3(CCN(Cc4cccc(CCOCCC(=O)N(C)CCNC[C@H](O[Si](C)(C)C(C)(C)C)c5ccc(O)c6[nH]c(=O)ccc56)c4)CC3)C2)c1. The zero-order chi connectivity index (χ0) is 43.8. The molecule has 2 aromatic heterocycles. The summed E-state index contributed by atoms with van der Waals surface area (Å²) in [4.78, 5) is 39.3. The molecule has 1 atom stereocenters. The molecule has 6 rings (SSSR count). The Morgan fingerprint density at radius 3 is 2.57 bits per heavy atom. The maximum atomic E-state index is 13.0. The van der Waals surface area contributed by atoms with Crippen LogP contribution in [0.3, 0.4) is 0 Å². The number of piperidine rings is 1. The first kappa shape index (κ1) is 46.4. The number of likely N-dealkylation sites (N-methyl/N-ethyl adjacent to an activating group) is 1. The Hall–Kier alpha value is -4.11. The molecule has 1 amide bonds. The van der Waals surface area contributed by atoms with Crippen LogP contribution in [0.5, 0.6) is 5.75 Å². The largest absolute Gasteiger partial charge is 0.506 e. The van der Waals surface area contributed by atoms with Gasteiger partial charge in [0.15, 0.2) is 8.32 Å². The van der Waals surface area contributed by atoms with E-state index in [-0.39, 0.29) is 34.0 Å². The van der Waals surface area contributed by atoms with Gasteiger partial charge in [-0.2, -0.15) is 0 Å². The Balaban J connectivity index is 0.902. The number of aromatic amines is 1. The molecular formula is C48H70N6O6Si. The van der Waals surface area contributed by atoms with Crippen LogP contribution < -0.4 is 15.8 Å². The number of phenolic OH excluding ortho intramolecular Hbond substituents is 1. The lowest BCUT2D eigenvalue weighted by atomic mass is 9.89. The predicted molar refractivity (Wildman–Crippen MR) is 247 cm³/mol. The van der Waals surface area contributed by atoms with Gasteiger partial charge in [0, 0.05) is 77.1 Å².